The highest BCUT2D eigenvalue weighted by atomic mass is 79.9. The Kier molecular flexibility index (Phi) is 7.12. The van der Waals surface area contributed by atoms with Gasteiger partial charge in [0, 0.05) is 11.0 Å². The van der Waals surface area contributed by atoms with Crippen molar-refractivity contribution in [3.8, 4) is 0 Å². The number of carbonyl (C=O) groups excluding carboxylic acids is 1. The maximum atomic E-state index is 12.1. The molecule has 8 heteroatoms. The Morgan fingerprint density at radius 2 is 2.00 bits per heavy atom. The lowest BCUT2D eigenvalue weighted by atomic mass is 10.2. The van der Waals surface area contributed by atoms with Crippen molar-refractivity contribution in [2.45, 2.75) is 37.5 Å². The fraction of sp³-hybridized carbons (Fsp3) is 0.462. The molecule has 0 saturated carbocycles. The highest BCUT2D eigenvalue weighted by Crippen LogP contribution is 2.28. The van der Waals surface area contributed by atoms with Crippen LogP contribution in [0.5, 0.6) is 0 Å². The third kappa shape index (κ3) is 5.58. The normalized spacial score (nSPS) is 11.4. The summed E-state index contributed by atoms with van der Waals surface area (Å²) in [5.41, 5.74) is 0.0885. The van der Waals surface area contributed by atoms with Gasteiger partial charge in [-0.25, -0.2) is 13.6 Å². The number of hydrogen-bond acceptors (Lipinski definition) is 3. The Balaban J connectivity index is 2.88. The highest BCUT2D eigenvalue weighted by molar-refractivity contribution is 9.10. The van der Waals surface area contributed by atoms with E-state index in [1.165, 1.54) is 12.1 Å². The first-order valence-corrected chi connectivity index (χ1v) is 9.29. The van der Waals surface area contributed by atoms with Crippen molar-refractivity contribution >= 4 is 43.5 Å². The average molecular weight is 398 g/mol. The van der Waals surface area contributed by atoms with E-state index in [0.29, 0.717) is 11.0 Å². The van der Waals surface area contributed by atoms with Crippen molar-refractivity contribution < 1.29 is 13.2 Å². The lowest BCUT2D eigenvalue weighted by Crippen LogP contribution is -2.25. The number of benzene rings is 1. The van der Waals surface area contributed by atoms with Gasteiger partial charge in [0.2, 0.25) is 10.0 Å². The fourth-order valence-electron chi connectivity index (χ4n) is 1.79. The van der Waals surface area contributed by atoms with E-state index in [9.17, 15) is 13.2 Å². The van der Waals surface area contributed by atoms with Gasteiger partial charge in [0.1, 0.15) is 4.90 Å². The zero-order valence-electron chi connectivity index (χ0n) is 11.7. The number of sulfonamides is 1. The Morgan fingerprint density at radius 3 is 2.57 bits per heavy atom. The smallest absolute Gasteiger partial charge is 0.252 e. The van der Waals surface area contributed by atoms with E-state index >= 15 is 0 Å². The van der Waals surface area contributed by atoms with E-state index in [0.717, 1.165) is 25.7 Å². The number of nitrogens with two attached hydrogens (primary N) is 1. The molecule has 0 aliphatic rings. The molecule has 0 radical (unpaired) electrons. The van der Waals surface area contributed by atoms with Gasteiger partial charge in [0.25, 0.3) is 5.91 Å². The second kappa shape index (κ2) is 8.12. The molecule has 0 aliphatic carbocycles. The molecule has 0 aromatic heterocycles. The van der Waals surface area contributed by atoms with Crippen LogP contribution in [0, 0.1) is 0 Å². The average Bonchev–Trinajstić information content (AvgIpc) is 2.39. The maximum Gasteiger partial charge on any atom is 0.252 e. The molecule has 0 aliphatic heterocycles. The molecule has 0 fully saturated rings. The second-order valence-corrected chi connectivity index (χ2v) is 7.45. The first kappa shape index (κ1) is 18.4. The van der Waals surface area contributed by atoms with Crippen LogP contribution in [0.4, 0.5) is 0 Å². The number of nitrogens with one attached hydrogen (secondary N) is 1. The van der Waals surface area contributed by atoms with Gasteiger partial charge < -0.3 is 5.32 Å². The van der Waals surface area contributed by atoms with Crippen LogP contribution in [0.1, 0.15) is 43.0 Å². The summed E-state index contributed by atoms with van der Waals surface area (Å²) in [7, 11) is -3.99. The van der Waals surface area contributed by atoms with Crippen LogP contribution in [0.3, 0.4) is 0 Å². The molecule has 1 amide bonds. The van der Waals surface area contributed by atoms with Gasteiger partial charge in [0.05, 0.1) is 10.6 Å². The van der Waals surface area contributed by atoms with Crippen molar-refractivity contribution in [2.24, 2.45) is 5.14 Å². The minimum atomic E-state index is -3.99. The summed E-state index contributed by atoms with van der Waals surface area (Å²) in [6.45, 7) is 2.63. The standard InChI is InChI=1S/C13H18BrClN2O3S/c1-2-3-4-5-6-17-13(18)10-7-9(14)8-11(12(10)15)21(16,19)20/h7-8H,2-6H2,1H3,(H,17,18)(H2,16,19,20). The second-order valence-electron chi connectivity index (χ2n) is 4.63. The van der Waals surface area contributed by atoms with Crippen LogP contribution in [0.15, 0.2) is 21.5 Å². The lowest BCUT2D eigenvalue weighted by Gasteiger charge is -2.10. The number of carbonyl (C=O) groups is 1. The van der Waals surface area contributed by atoms with Gasteiger partial charge in [0.15, 0.2) is 0 Å². The summed E-state index contributed by atoms with van der Waals surface area (Å²) in [4.78, 5) is 11.8. The van der Waals surface area contributed by atoms with E-state index in [2.05, 4.69) is 28.2 Å². The van der Waals surface area contributed by atoms with Gasteiger partial charge in [-0.05, 0) is 18.6 Å². The van der Waals surface area contributed by atoms with Crippen LogP contribution in [-0.4, -0.2) is 20.9 Å². The first-order valence-electron chi connectivity index (χ1n) is 6.57. The topological polar surface area (TPSA) is 89.3 Å². The molecule has 0 heterocycles. The molecule has 1 rings (SSSR count). The summed E-state index contributed by atoms with van der Waals surface area (Å²) in [6, 6.07) is 2.74. The highest BCUT2D eigenvalue weighted by Gasteiger charge is 2.20. The predicted octanol–water partition coefficient (Wildman–Crippen LogP) is 3.06. The summed E-state index contributed by atoms with van der Waals surface area (Å²) in [5.74, 6) is -0.414. The fourth-order valence-corrected chi connectivity index (χ4v) is 3.56. The molecule has 0 spiro atoms. The van der Waals surface area contributed by atoms with E-state index in [1.54, 1.807) is 0 Å². The minimum Gasteiger partial charge on any atom is -0.352 e. The molecular weight excluding hydrogens is 380 g/mol. The number of hydrogen-bond donors (Lipinski definition) is 2. The monoisotopic (exact) mass is 396 g/mol. The van der Waals surface area contributed by atoms with Crippen LogP contribution in [0.25, 0.3) is 0 Å². The number of primary sulfonamides is 1. The van der Waals surface area contributed by atoms with Crippen molar-refractivity contribution in [1.29, 1.82) is 0 Å². The molecule has 0 atom stereocenters. The molecule has 5 nitrogen and oxygen atoms in total. The maximum absolute atomic E-state index is 12.1. The van der Waals surface area contributed by atoms with Gasteiger partial charge in [-0.3, -0.25) is 4.79 Å². The third-order valence-electron chi connectivity index (χ3n) is 2.87. The van der Waals surface area contributed by atoms with Crippen molar-refractivity contribution in [1.82, 2.24) is 5.32 Å². The predicted molar refractivity (Wildman–Crippen MR) is 87.0 cm³/mol. The lowest BCUT2D eigenvalue weighted by molar-refractivity contribution is 0.0953. The van der Waals surface area contributed by atoms with Gasteiger partial charge in [-0.2, -0.15) is 0 Å². The Hall–Kier alpha value is -0.630. The van der Waals surface area contributed by atoms with E-state index in [-0.39, 0.29) is 15.5 Å². The van der Waals surface area contributed by atoms with E-state index in [4.69, 9.17) is 16.7 Å². The number of amides is 1. The van der Waals surface area contributed by atoms with Crippen LogP contribution >= 0.6 is 27.5 Å². The minimum absolute atomic E-state index is 0.0885. The summed E-state index contributed by atoms with van der Waals surface area (Å²) in [6.07, 6.45) is 4.13. The number of halogens is 2. The molecule has 21 heavy (non-hydrogen) atoms. The number of rotatable bonds is 7. The molecule has 1 aromatic carbocycles. The van der Waals surface area contributed by atoms with Crippen molar-refractivity contribution in [3.05, 3.63) is 27.2 Å². The Morgan fingerprint density at radius 1 is 1.33 bits per heavy atom. The summed E-state index contributed by atoms with van der Waals surface area (Å²) in [5, 5.41) is 7.65. The van der Waals surface area contributed by atoms with E-state index in [1.807, 2.05) is 0 Å². The Labute approximate surface area is 138 Å². The van der Waals surface area contributed by atoms with Crippen LogP contribution < -0.4 is 10.5 Å². The molecule has 118 valence electrons. The van der Waals surface area contributed by atoms with Crippen molar-refractivity contribution in [2.75, 3.05) is 6.54 Å². The van der Waals surface area contributed by atoms with E-state index < -0.39 is 15.9 Å². The van der Waals surface area contributed by atoms with Gasteiger partial charge >= 0.3 is 0 Å². The first-order chi connectivity index (χ1) is 9.77. The third-order valence-corrected chi connectivity index (χ3v) is 4.78. The molecule has 0 bridgehead atoms. The molecule has 3 N–H and O–H groups in total. The SMILES string of the molecule is CCCCCCNC(=O)c1cc(Br)cc(S(N)(=O)=O)c1Cl. The molecule has 0 saturated heterocycles. The van der Waals surface area contributed by atoms with Crippen molar-refractivity contribution in [3.63, 3.8) is 0 Å². The molecular formula is C13H18BrClN2O3S. The molecule has 1 aromatic rings. The van der Waals surface area contributed by atoms with Crippen LogP contribution in [-0.2, 0) is 10.0 Å². The number of unbranched alkanes of at least 4 members (excludes halogenated alkanes) is 3. The zero-order chi connectivity index (χ0) is 16.0. The molecule has 0 unspecified atom stereocenters. The summed E-state index contributed by atoms with van der Waals surface area (Å²) < 4.78 is 23.3. The summed E-state index contributed by atoms with van der Waals surface area (Å²) >= 11 is 9.13. The quantitative estimate of drug-likeness (QED) is 0.693. The zero-order valence-corrected chi connectivity index (χ0v) is 14.8. The largest absolute Gasteiger partial charge is 0.352 e. The Bertz CT molecular complexity index is 620. The van der Waals surface area contributed by atoms with Gasteiger partial charge in [-0.15, -0.1) is 0 Å². The van der Waals surface area contributed by atoms with Gasteiger partial charge in [-0.1, -0.05) is 53.7 Å². The van der Waals surface area contributed by atoms with Crippen LogP contribution in [0.2, 0.25) is 5.02 Å².